The van der Waals surface area contributed by atoms with Gasteiger partial charge in [-0.25, -0.2) is 4.79 Å². The number of carbonyl (C=O) groups is 1. The Balaban J connectivity index is 1.73. The van der Waals surface area contributed by atoms with Gasteiger partial charge in [-0.05, 0) is 52.8 Å². The van der Waals surface area contributed by atoms with Gasteiger partial charge < -0.3 is 9.47 Å². The van der Waals surface area contributed by atoms with Crippen LogP contribution >= 0.6 is 0 Å². The molecular weight excluding hydrogens is 312 g/mol. The molecule has 0 fully saturated rings. The maximum Gasteiger partial charge on any atom is 0.343 e. The Kier molecular flexibility index (Phi) is 3.82. The zero-order chi connectivity index (χ0) is 17.2. The molecule has 0 amide bonds. The van der Waals surface area contributed by atoms with Gasteiger partial charge in [-0.3, -0.25) is 0 Å². The topological polar surface area (TPSA) is 35.5 Å². The third-order valence-corrected chi connectivity index (χ3v) is 4.23. The van der Waals surface area contributed by atoms with E-state index >= 15 is 0 Å². The molecule has 0 spiro atoms. The highest BCUT2D eigenvalue weighted by atomic mass is 16.5. The molecule has 3 heteroatoms. The fraction of sp³-hybridized carbons (Fsp3) is 0.0455. The van der Waals surface area contributed by atoms with Gasteiger partial charge in [0.1, 0.15) is 11.5 Å². The van der Waals surface area contributed by atoms with Crippen LogP contribution in [-0.2, 0) is 9.53 Å². The molecule has 3 aromatic carbocycles. The van der Waals surface area contributed by atoms with Gasteiger partial charge in [-0.1, -0.05) is 42.5 Å². The zero-order valence-corrected chi connectivity index (χ0v) is 13.7. The third kappa shape index (κ3) is 2.92. The lowest BCUT2D eigenvalue weighted by Gasteiger charge is -2.03. The van der Waals surface area contributed by atoms with Crippen LogP contribution in [-0.4, -0.2) is 13.1 Å². The van der Waals surface area contributed by atoms with Crippen molar-refractivity contribution in [3.63, 3.8) is 0 Å². The largest absolute Gasteiger partial charge is 0.497 e. The van der Waals surface area contributed by atoms with Crippen molar-refractivity contribution in [2.24, 2.45) is 0 Å². The second kappa shape index (κ2) is 6.29. The summed E-state index contributed by atoms with van der Waals surface area (Å²) in [4.78, 5) is 12.3. The number of esters is 1. The molecule has 1 aliphatic rings. The van der Waals surface area contributed by atoms with Crippen LogP contribution < -0.4 is 4.74 Å². The number of fused-ring (bicyclic) bond motifs is 1. The number of carbonyl (C=O) groups excluding carboxylic acids is 1. The summed E-state index contributed by atoms with van der Waals surface area (Å²) in [6.45, 7) is 0. The van der Waals surface area contributed by atoms with E-state index in [1.54, 1.807) is 13.2 Å². The molecule has 3 nitrogen and oxygen atoms in total. The van der Waals surface area contributed by atoms with E-state index in [2.05, 4.69) is 18.2 Å². The van der Waals surface area contributed by atoms with Gasteiger partial charge in [-0.15, -0.1) is 0 Å². The molecule has 0 atom stereocenters. The van der Waals surface area contributed by atoms with Crippen LogP contribution in [0.2, 0.25) is 0 Å². The summed E-state index contributed by atoms with van der Waals surface area (Å²) in [5.41, 5.74) is 2.38. The van der Waals surface area contributed by atoms with Crippen LogP contribution in [0.15, 0.2) is 78.4 Å². The number of rotatable bonds is 3. The maximum absolute atomic E-state index is 12.3. The minimum Gasteiger partial charge on any atom is -0.497 e. The van der Waals surface area contributed by atoms with Crippen LogP contribution in [0.3, 0.4) is 0 Å². The molecular formula is C22H16O3. The van der Waals surface area contributed by atoms with E-state index in [0.717, 1.165) is 27.6 Å². The van der Waals surface area contributed by atoms with E-state index in [9.17, 15) is 4.79 Å². The highest BCUT2D eigenvalue weighted by Crippen LogP contribution is 2.30. The summed E-state index contributed by atoms with van der Waals surface area (Å²) in [5.74, 6) is 0.984. The Bertz CT molecular complexity index is 1010. The van der Waals surface area contributed by atoms with Gasteiger partial charge in [-0.2, -0.15) is 0 Å². The van der Waals surface area contributed by atoms with E-state index < -0.39 is 0 Å². The number of hydrogen-bond acceptors (Lipinski definition) is 3. The monoisotopic (exact) mass is 328 g/mol. The maximum atomic E-state index is 12.3. The Morgan fingerprint density at radius 2 is 1.68 bits per heavy atom. The lowest BCUT2D eigenvalue weighted by molar-refractivity contribution is -0.130. The van der Waals surface area contributed by atoms with Crippen LogP contribution in [0.4, 0.5) is 0 Å². The van der Waals surface area contributed by atoms with Gasteiger partial charge in [0, 0.05) is 5.56 Å². The van der Waals surface area contributed by atoms with Crippen LogP contribution in [0, 0.1) is 0 Å². The number of hydrogen-bond donors (Lipinski definition) is 0. The Morgan fingerprint density at radius 1 is 0.920 bits per heavy atom. The molecule has 4 rings (SSSR count). The quantitative estimate of drug-likeness (QED) is 0.510. The first kappa shape index (κ1) is 15.2. The molecule has 1 heterocycles. The van der Waals surface area contributed by atoms with Crippen molar-refractivity contribution in [1.82, 2.24) is 0 Å². The first-order valence-electron chi connectivity index (χ1n) is 8.02. The molecule has 0 saturated heterocycles. The molecule has 3 aromatic rings. The molecule has 0 unspecified atom stereocenters. The van der Waals surface area contributed by atoms with Crippen molar-refractivity contribution >= 4 is 28.6 Å². The van der Waals surface area contributed by atoms with E-state index in [4.69, 9.17) is 9.47 Å². The molecule has 25 heavy (non-hydrogen) atoms. The molecule has 0 aliphatic carbocycles. The number of benzene rings is 3. The van der Waals surface area contributed by atoms with E-state index in [1.165, 1.54) is 0 Å². The van der Waals surface area contributed by atoms with Crippen molar-refractivity contribution in [2.45, 2.75) is 0 Å². The normalized spacial score (nSPS) is 15.3. The highest BCUT2D eigenvalue weighted by Gasteiger charge is 2.22. The Labute approximate surface area is 145 Å². The van der Waals surface area contributed by atoms with Gasteiger partial charge >= 0.3 is 5.97 Å². The second-order valence-corrected chi connectivity index (χ2v) is 5.79. The van der Waals surface area contributed by atoms with Gasteiger partial charge in [0.05, 0.1) is 12.7 Å². The fourth-order valence-corrected chi connectivity index (χ4v) is 2.93. The summed E-state index contributed by atoms with van der Waals surface area (Å²) < 4.78 is 10.6. The summed E-state index contributed by atoms with van der Waals surface area (Å²) in [5, 5.41) is 2.25. The van der Waals surface area contributed by atoms with Gasteiger partial charge in [0.15, 0.2) is 0 Å². The van der Waals surface area contributed by atoms with E-state index in [0.29, 0.717) is 11.3 Å². The predicted octanol–water partition coefficient (Wildman–Crippen LogP) is 4.83. The van der Waals surface area contributed by atoms with Crippen molar-refractivity contribution in [1.29, 1.82) is 0 Å². The lowest BCUT2D eigenvalue weighted by atomic mass is 10.0. The average molecular weight is 328 g/mol. The first-order valence-corrected chi connectivity index (χ1v) is 8.02. The second-order valence-electron chi connectivity index (χ2n) is 5.79. The SMILES string of the molecule is COc1ccc(C2=CC(=Cc3cccc4ccccc34)C(=O)O2)cc1. The summed E-state index contributed by atoms with van der Waals surface area (Å²) in [7, 11) is 1.62. The van der Waals surface area contributed by atoms with Crippen molar-refractivity contribution in [3.8, 4) is 5.75 Å². The third-order valence-electron chi connectivity index (χ3n) is 4.23. The van der Waals surface area contributed by atoms with Crippen LogP contribution in [0.1, 0.15) is 11.1 Å². The highest BCUT2D eigenvalue weighted by molar-refractivity contribution is 6.06. The standard InChI is InChI=1S/C22H16O3/c1-24-19-11-9-16(10-12-19)21-14-18(22(23)25-21)13-17-7-4-6-15-5-2-3-8-20(15)17/h2-14H,1H3. The minimum absolute atomic E-state index is 0.334. The lowest BCUT2D eigenvalue weighted by Crippen LogP contribution is -1.97. The molecule has 122 valence electrons. The predicted molar refractivity (Wildman–Crippen MR) is 99.0 cm³/mol. The van der Waals surface area contributed by atoms with Crippen LogP contribution in [0.5, 0.6) is 5.75 Å². The van der Waals surface area contributed by atoms with Gasteiger partial charge in [0.2, 0.25) is 0 Å². The fourth-order valence-electron chi connectivity index (χ4n) is 2.93. The zero-order valence-electron chi connectivity index (χ0n) is 13.7. The summed E-state index contributed by atoms with van der Waals surface area (Å²) in [6, 6.07) is 21.6. The number of methoxy groups -OCH3 is 1. The molecule has 0 saturated carbocycles. The van der Waals surface area contributed by atoms with E-state index in [-0.39, 0.29) is 5.97 Å². The number of ether oxygens (including phenoxy) is 2. The molecule has 0 bridgehead atoms. The molecule has 0 aromatic heterocycles. The van der Waals surface area contributed by atoms with Crippen molar-refractivity contribution in [2.75, 3.05) is 7.11 Å². The average Bonchev–Trinajstić information content (AvgIpc) is 3.03. The molecule has 0 radical (unpaired) electrons. The van der Waals surface area contributed by atoms with Gasteiger partial charge in [0.25, 0.3) is 0 Å². The minimum atomic E-state index is -0.334. The van der Waals surface area contributed by atoms with Crippen LogP contribution in [0.25, 0.3) is 22.6 Å². The number of cyclic esters (lactones) is 1. The van der Waals surface area contributed by atoms with Crippen molar-refractivity contribution in [3.05, 3.63) is 89.5 Å². The summed E-state index contributed by atoms with van der Waals surface area (Å²) >= 11 is 0. The van der Waals surface area contributed by atoms with E-state index in [1.807, 2.05) is 54.6 Å². The Morgan fingerprint density at radius 3 is 2.48 bits per heavy atom. The molecule has 1 aliphatic heterocycles. The summed E-state index contributed by atoms with van der Waals surface area (Å²) in [6.07, 6.45) is 3.66. The first-order chi connectivity index (χ1) is 12.2. The molecule has 0 N–H and O–H groups in total. The smallest absolute Gasteiger partial charge is 0.343 e. The van der Waals surface area contributed by atoms with Crippen molar-refractivity contribution < 1.29 is 14.3 Å². The Hall–Kier alpha value is -3.33.